The highest BCUT2D eigenvalue weighted by Crippen LogP contribution is 2.37. The lowest BCUT2D eigenvalue weighted by Crippen LogP contribution is -2.26. The molecule has 2 N–H and O–H groups in total. The Bertz CT molecular complexity index is 373. The van der Waals surface area contributed by atoms with Gasteiger partial charge in [-0.3, -0.25) is 0 Å². The number of nitrogens with two attached hydrogens (primary N) is 1. The van der Waals surface area contributed by atoms with Gasteiger partial charge in [-0.15, -0.1) is 0 Å². The van der Waals surface area contributed by atoms with Crippen LogP contribution in [0.4, 0.5) is 0 Å². The summed E-state index contributed by atoms with van der Waals surface area (Å²) in [4.78, 5) is 0. The standard InChI is InChI=1S/C19H31N/c1-3-5-6-16-9-13-18(14-10-16)19(20)17-11-7-15(4-2)8-12-17/h7-8,11-12,16,18-19H,3-6,9-10,13-14,20H2,1-2H3. The van der Waals surface area contributed by atoms with Crippen LogP contribution in [0.5, 0.6) is 0 Å². The maximum absolute atomic E-state index is 6.51. The van der Waals surface area contributed by atoms with E-state index in [2.05, 4.69) is 38.1 Å². The number of hydrogen-bond acceptors (Lipinski definition) is 1. The third-order valence-electron chi connectivity index (χ3n) is 5.14. The van der Waals surface area contributed by atoms with Gasteiger partial charge in [0.15, 0.2) is 0 Å². The van der Waals surface area contributed by atoms with Gasteiger partial charge in [-0.05, 0) is 42.2 Å². The fourth-order valence-corrected chi connectivity index (χ4v) is 3.58. The summed E-state index contributed by atoms with van der Waals surface area (Å²) < 4.78 is 0. The predicted molar refractivity (Wildman–Crippen MR) is 87.7 cm³/mol. The first-order valence-corrected chi connectivity index (χ1v) is 8.59. The van der Waals surface area contributed by atoms with E-state index in [1.165, 1.54) is 56.1 Å². The summed E-state index contributed by atoms with van der Waals surface area (Å²) in [5.41, 5.74) is 9.25. The van der Waals surface area contributed by atoms with Gasteiger partial charge in [0.05, 0.1) is 0 Å². The molecule has 1 fully saturated rings. The van der Waals surface area contributed by atoms with Crippen LogP contribution in [0.1, 0.15) is 76.0 Å². The van der Waals surface area contributed by atoms with E-state index >= 15 is 0 Å². The van der Waals surface area contributed by atoms with Crippen molar-refractivity contribution in [1.29, 1.82) is 0 Å². The topological polar surface area (TPSA) is 26.0 Å². The van der Waals surface area contributed by atoms with Crippen LogP contribution in [0.25, 0.3) is 0 Å². The fraction of sp³-hybridized carbons (Fsp3) is 0.684. The normalized spacial score (nSPS) is 24.6. The van der Waals surface area contributed by atoms with Crippen LogP contribution in [0, 0.1) is 11.8 Å². The molecule has 0 spiro atoms. The van der Waals surface area contributed by atoms with Crippen LogP contribution in [-0.2, 0) is 6.42 Å². The quantitative estimate of drug-likeness (QED) is 0.753. The Morgan fingerprint density at radius 3 is 2.25 bits per heavy atom. The summed E-state index contributed by atoms with van der Waals surface area (Å²) in [6.07, 6.45) is 10.7. The molecule has 0 amide bonds. The molecule has 1 aromatic rings. The molecule has 2 rings (SSSR count). The molecule has 0 bridgehead atoms. The molecule has 0 aromatic heterocycles. The maximum Gasteiger partial charge on any atom is 0.0323 e. The average molecular weight is 273 g/mol. The first kappa shape index (κ1) is 15.6. The molecule has 1 aliphatic carbocycles. The second-order valence-electron chi connectivity index (χ2n) is 6.54. The van der Waals surface area contributed by atoms with Crippen LogP contribution in [0.15, 0.2) is 24.3 Å². The van der Waals surface area contributed by atoms with Gasteiger partial charge in [0.2, 0.25) is 0 Å². The Morgan fingerprint density at radius 1 is 1.05 bits per heavy atom. The van der Waals surface area contributed by atoms with Crippen molar-refractivity contribution in [3.05, 3.63) is 35.4 Å². The Balaban J connectivity index is 1.85. The summed E-state index contributed by atoms with van der Waals surface area (Å²) in [6.45, 7) is 4.49. The van der Waals surface area contributed by atoms with Crippen molar-refractivity contribution in [1.82, 2.24) is 0 Å². The van der Waals surface area contributed by atoms with Gasteiger partial charge in [0.1, 0.15) is 0 Å². The summed E-state index contributed by atoms with van der Waals surface area (Å²) >= 11 is 0. The van der Waals surface area contributed by atoms with Gasteiger partial charge < -0.3 is 5.73 Å². The third kappa shape index (κ3) is 4.09. The van der Waals surface area contributed by atoms with E-state index in [4.69, 9.17) is 5.73 Å². The van der Waals surface area contributed by atoms with E-state index in [-0.39, 0.29) is 6.04 Å². The highest BCUT2D eigenvalue weighted by molar-refractivity contribution is 5.25. The molecule has 1 unspecified atom stereocenters. The van der Waals surface area contributed by atoms with Crippen LogP contribution in [0.3, 0.4) is 0 Å². The largest absolute Gasteiger partial charge is 0.324 e. The minimum Gasteiger partial charge on any atom is -0.324 e. The van der Waals surface area contributed by atoms with Gasteiger partial charge in [0, 0.05) is 6.04 Å². The predicted octanol–water partition coefficient (Wildman–Crippen LogP) is 5.25. The lowest BCUT2D eigenvalue weighted by Gasteiger charge is -2.32. The molecule has 20 heavy (non-hydrogen) atoms. The number of hydrogen-bond donors (Lipinski definition) is 1. The lowest BCUT2D eigenvalue weighted by molar-refractivity contribution is 0.232. The van der Waals surface area contributed by atoms with Gasteiger partial charge in [0.25, 0.3) is 0 Å². The van der Waals surface area contributed by atoms with Crippen molar-refractivity contribution in [3.63, 3.8) is 0 Å². The molecule has 0 heterocycles. The molecular weight excluding hydrogens is 242 g/mol. The van der Waals surface area contributed by atoms with Gasteiger partial charge in [-0.1, -0.05) is 70.2 Å². The molecule has 1 aromatic carbocycles. The lowest BCUT2D eigenvalue weighted by atomic mass is 9.75. The Morgan fingerprint density at radius 2 is 1.70 bits per heavy atom. The zero-order valence-corrected chi connectivity index (χ0v) is 13.3. The second kappa shape index (κ2) is 7.83. The van der Waals surface area contributed by atoms with E-state index in [1.54, 1.807) is 0 Å². The van der Waals surface area contributed by atoms with E-state index in [1.807, 2.05) is 0 Å². The Hall–Kier alpha value is -0.820. The minimum atomic E-state index is 0.244. The van der Waals surface area contributed by atoms with Crippen molar-refractivity contribution < 1.29 is 0 Å². The first-order valence-electron chi connectivity index (χ1n) is 8.59. The number of rotatable bonds is 6. The first-order chi connectivity index (χ1) is 9.74. The van der Waals surface area contributed by atoms with Crippen LogP contribution in [0.2, 0.25) is 0 Å². The molecule has 112 valence electrons. The smallest absolute Gasteiger partial charge is 0.0323 e. The van der Waals surface area contributed by atoms with Crippen molar-refractivity contribution in [2.24, 2.45) is 17.6 Å². The SMILES string of the molecule is CCCCC1CCC(C(N)c2ccc(CC)cc2)CC1. The van der Waals surface area contributed by atoms with E-state index in [0.29, 0.717) is 5.92 Å². The summed E-state index contributed by atoms with van der Waals surface area (Å²) in [6, 6.07) is 9.21. The maximum atomic E-state index is 6.51. The molecular formula is C19H31N. The number of aryl methyl sites for hydroxylation is 1. The fourth-order valence-electron chi connectivity index (χ4n) is 3.58. The molecule has 0 radical (unpaired) electrons. The van der Waals surface area contributed by atoms with Crippen LogP contribution < -0.4 is 5.73 Å². The van der Waals surface area contributed by atoms with Crippen LogP contribution >= 0.6 is 0 Å². The van der Waals surface area contributed by atoms with E-state index in [0.717, 1.165) is 12.3 Å². The summed E-state index contributed by atoms with van der Waals surface area (Å²) in [5, 5.41) is 0. The van der Waals surface area contributed by atoms with Gasteiger partial charge in [-0.25, -0.2) is 0 Å². The zero-order valence-electron chi connectivity index (χ0n) is 13.3. The van der Waals surface area contributed by atoms with Crippen molar-refractivity contribution in [2.75, 3.05) is 0 Å². The van der Waals surface area contributed by atoms with Crippen molar-refractivity contribution >= 4 is 0 Å². The van der Waals surface area contributed by atoms with E-state index < -0.39 is 0 Å². The zero-order chi connectivity index (χ0) is 14.4. The van der Waals surface area contributed by atoms with E-state index in [9.17, 15) is 0 Å². The summed E-state index contributed by atoms with van der Waals surface area (Å²) in [5.74, 6) is 1.67. The average Bonchev–Trinajstić information content (AvgIpc) is 2.53. The van der Waals surface area contributed by atoms with Crippen molar-refractivity contribution in [2.45, 2.75) is 71.3 Å². The molecule has 1 heteroatoms. The third-order valence-corrected chi connectivity index (χ3v) is 5.14. The molecule has 1 saturated carbocycles. The highest BCUT2D eigenvalue weighted by Gasteiger charge is 2.26. The Labute approximate surface area is 125 Å². The second-order valence-corrected chi connectivity index (χ2v) is 6.54. The highest BCUT2D eigenvalue weighted by atomic mass is 14.7. The monoisotopic (exact) mass is 273 g/mol. The minimum absolute atomic E-state index is 0.244. The van der Waals surface area contributed by atoms with Crippen molar-refractivity contribution in [3.8, 4) is 0 Å². The molecule has 1 nitrogen and oxygen atoms in total. The molecule has 0 saturated heterocycles. The molecule has 0 aliphatic heterocycles. The summed E-state index contributed by atoms with van der Waals surface area (Å²) in [7, 11) is 0. The molecule has 1 atom stereocenters. The molecule has 1 aliphatic rings. The van der Waals surface area contributed by atoms with Gasteiger partial charge >= 0.3 is 0 Å². The Kier molecular flexibility index (Phi) is 6.09. The van der Waals surface area contributed by atoms with Gasteiger partial charge in [-0.2, -0.15) is 0 Å². The number of benzene rings is 1. The number of unbranched alkanes of at least 4 members (excludes halogenated alkanes) is 1. The van der Waals surface area contributed by atoms with Crippen LogP contribution in [-0.4, -0.2) is 0 Å².